The van der Waals surface area contributed by atoms with Crippen LogP contribution in [0.4, 0.5) is 0 Å². The highest BCUT2D eigenvalue weighted by Crippen LogP contribution is 2.48. The monoisotopic (exact) mass is 377 g/mol. The van der Waals surface area contributed by atoms with Gasteiger partial charge in [0, 0.05) is 10.9 Å². The van der Waals surface area contributed by atoms with Crippen LogP contribution in [0.3, 0.4) is 0 Å². The van der Waals surface area contributed by atoms with Gasteiger partial charge in [-0.2, -0.15) is 0 Å². The van der Waals surface area contributed by atoms with Crippen LogP contribution in [0.25, 0.3) is 44.4 Å². The summed E-state index contributed by atoms with van der Waals surface area (Å²) in [7, 11) is 0. The van der Waals surface area contributed by atoms with E-state index in [0.717, 1.165) is 11.2 Å². The Bertz CT molecular complexity index is 1160. The first-order chi connectivity index (χ1) is 14.3. The summed E-state index contributed by atoms with van der Waals surface area (Å²) in [6, 6.07) is 26.4. The second kappa shape index (κ2) is 7.83. The number of benzene rings is 3. The Morgan fingerprint density at radius 3 is 2.38 bits per heavy atom. The van der Waals surface area contributed by atoms with E-state index in [-0.39, 0.29) is 0 Å². The lowest BCUT2D eigenvalue weighted by Crippen LogP contribution is -1.88. The quantitative estimate of drug-likeness (QED) is 0.261. The molecule has 0 unspecified atom stereocenters. The zero-order chi connectivity index (χ0) is 19.6. The van der Waals surface area contributed by atoms with E-state index >= 15 is 0 Å². The van der Waals surface area contributed by atoms with Gasteiger partial charge in [-0.1, -0.05) is 93.3 Å². The van der Waals surface area contributed by atoms with Crippen molar-refractivity contribution in [2.45, 2.75) is 45.4 Å². The Morgan fingerprint density at radius 1 is 0.655 bits per heavy atom. The van der Waals surface area contributed by atoms with Gasteiger partial charge in [-0.25, -0.2) is 4.98 Å². The topological polar surface area (TPSA) is 12.9 Å². The molecule has 1 heterocycles. The molecule has 1 nitrogen and oxygen atoms in total. The van der Waals surface area contributed by atoms with Gasteiger partial charge in [0.05, 0.1) is 11.2 Å². The van der Waals surface area contributed by atoms with E-state index in [1.165, 1.54) is 77.3 Å². The molecule has 0 atom stereocenters. The van der Waals surface area contributed by atoms with Gasteiger partial charge >= 0.3 is 0 Å². The molecule has 1 aromatic heterocycles. The Hall–Kier alpha value is -2.93. The molecule has 1 aliphatic carbocycles. The summed E-state index contributed by atoms with van der Waals surface area (Å²) in [5.74, 6) is 0. The molecule has 1 heteroatoms. The molecule has 0 aliphatic heterocycles. The van der Waals surface area contributed by atoms with E-state index < -0.39 is 0 Å². The number of hydrogen-bond donors (Lipinski definition) is 0. The van der Waals surface area contributed by atoms with Crippen LogP contribution >= 0.6 is 0 Å². The highest BCUT2D eigenvalue weighted by molar-refractivity contribution is 6.15. The minimum atomic E-state index is 1.05. The predicted molar refractivity (Wildman–Crippen MR) is 124 cm³/mol. The van der Waals surface area contributed by atoms with Crippen LogP contribution in [0.5, 0.6) is 0 Å². The average Bonchev–Trinajstić information content (AvgIpc) is 3.09. The third kappa shape index (κ3) is 3.35. The molecule has 1 aliphatic rings. The van der Waals surface area contributed by atoms with Gasteiger partial charge in [0.2, 0.25) is 0 Å². The molecule has 144 valence electrons. The zero-order valence-electron chi connectivity index (χ0n) is 17.1. The number of pyridine rings is 1. The second-order valence-corrected chi connectivity index (χ2v) is 8.16. The standard InChI is InChI=1S/C28H27N/c1-2-3-4-5-7-11-20-16-17-22-24(18-20)23-14-10-15-26-28(23)25(22)19-27(29-26)21-12-8-6-9-13-21/h6,8-10,12-19H,2-5,7,11H2,1H3. The number of hydrogen-bond acceptors (Lipinski definition) is 1. The van der Waals surface area contributed by atoms with Crippen molar-refractivity contribution in [3.8, 4) is 33.5 Å². The molecule has 4 aromatic rings. The molecule has 0 radical (unpaired) electrons. The van der Waals surface area contributed by atoms with Crippen molar-refractivity contribution in [1.82, 2.24) is 4.98 Å². The lowest BCUT2D eigenvalue weighted by molar-refractivity contribution is 0.632. The fraction of sp³-hybridized carbons (Fsp3) is 0.250. The first kappa shape index (κ1) is 18.1. The number of aryl methyl sites for hydroxylation is 1. The molecular weight excluding hydrogens is 350 g/mol. The van der Waals surface area contributed by atoms with Crippen molar-refractivity contribution in [3.05, 3.63) is 78.4 Å². The molecule has 0 amide bonds. The highest BCUT2D eigenvalue weighted by atomic mass is 14.7. The van der Waals surface area contributed by atoms with E-state index in [4.69, 9.17) is 4.98 Å². The highest BCUT2D eigenvalue weighted by Gasteiger charge is 2.23. The molecule has 0 saturated carbocycles. The van der Waals surface area contributed by atoms with Crippen LogP contribution in [0.1, 0.15) is 44.6 Å². The van der Waals surface area contributed by atoms with Crippen molar-refractivity contribution in [1.29, 1.82) is 0 Å². The van der Waals surface area contributed by atoms with Crippen LogP contribution < -0.4 is 0 Å². The summed E-state index contributed by atoms with van der Waals surface area (Å²) in [6.45, 7) is 2.27. The van der Waals surface area contributed by atoms with Crippen molar-refractivity contribution < 1.29 is 0 Å². The van der Waals surface area contributed by atoms with Gasteiger partial charge < -0.3 is 0 Å². The van der Waals surface area contributed by atoms with E-state index in [1.807, 2.05) is 0 Å². The summed E-state index contributed by atoms with van der Waals surface area (Å²) in [4.78, 5) is 4.99. The summed E-state index contributed by atoms with van der Waals surface area (Å²) in [5, 5.41) is 1.31. The molecule has 5 rings (SSSR count). The minimum Gasteiger partial charge on any atom is -0.248 e. The lowest BCUT2D eigenvalue weighted by Gasteiger charge is -2.07. The van der Waals surface area contributed by atoms with Gasteiger partial charge in [-0.15, -0.1) is 0 Å². The predicted octanol–water partition coefficient (Wildman–Crippen LogP) is 8.06. The smallest absolute Gasteiger partial charge is 0.0722 e. The van der Waals surface area contributed by atoms with Gasteiger partial charge in [-0.05, 0) is 52.8 Å². The first-order valence-corrected chi connectivity index (χ1v) is 11.0. The van der Waals surface area contributed by atoms with E-state index in [9.17, 15) is 0 Å². The van der Waals surface area contributed by atoms with E-state index in [1.54, 1.807) is 0 Å². The summed E-state index contributed by atoms with van der Waals surface area (Å²) in [6.07, 6.45) is 7.83. The molecule has 0 spiro atoms. The maximum absolute atomic E-state index is 4.99. The summed E-state index contributed by atoms with van der Waals surface area (Å²) in [5.41, 5.74) is 10.2. The third-order valence-electron chi connectivity index (χ3n) is 6.14. The maximum atomic E-state index is 4.99. The number of fused-ring (bicyclic) bond motifs is 3. The Morgan fingerprint density at radius 2 is 1.52 bits per heavy atom. The Balaban J connectivity index is 1.52. The summed E-state index contributed by atoms with van der Waals surface area (Å²) >= 11 is 0. The largest absolute Gasteiger partial charge is 0.248 e. The molecule has 29 heavy (non-hydrogen) atoms. The van der Waals surface area contributed by atoms with Crippen molar-refractivity contribution in [2.24, 2.45) is 0 Å². The molecule has 0 saturated heterocycles. The van der Waals surface area contributed by atoms with Gasteiger partial charge in [0.15, 0.2) is 0 Å². The van der Waals surface area contributed by atoms with Crippen LogP contribution in [0.2, 0.25) is 0 Å². The van der Waals surface area contributed by atoms with Crippen molar-refractivity contribution in [2.75, 3.05) is 0 Å². The fourth-order valence-electron chi connectivity index (χ4n) is 4.62. The second-order valence-electron chi connectivity index (χ2n) is 8.16. The SMILES string of the molecule is CCCCCCCc1ccc2c(c1)-c1cccc3nc(-c4ccccc4)cc-2c13. The maximum Gasteiger partial charge on any atom is 0.0722 e. The van der Waals surface area contributed by atoms with Crippen LogP contribution in [0.15, 0.2) is 72.8 Å². The average molecular weight is 378 g/mol. The number of rotatable bonds is 7. The molecule has 0 fully saturated rings. The van der Waals surface area contributed by atoms with Gasteiger partial charge in [-0.3, -0.25) is 0 Å². The van der Waals surface area contributed by atoms with Crippen LogP contribution in [-0.2, 0) is 6.42 Å². The Labute approximate surface area is 173 Å². The molecular formula is C28H27N. The van der Waals surface area contributed by atoms with Crippen molar-refractivity contribution >= 4 is 10.9 Å². The lowest BCUT2D eigenvalue weighted by atomic mass is 9.98. The Kier molecular flexibility index (Phi) is 4.89. The number of nitrogens with zero attached hydrogens (tertiary/aromatic N) is 1. The molecule has 0 N–H and O–H groups in total. The van der Waals surface area contributed by atoms with Crippen LogP contribution in [0, 0.1) is 0 Å². The zero-order valence-corrected chi connectivity index (χ0v) is 17.1. The van der Waals surface area contributed by atoms with Crippen LogP contribution in [-0.4, -0.2) is 4.98 Å². The first-order valence-electron chi connectivity index (χ1n) is 11.0. The summed E-state index contributed by atoms with van der Waals surface area (Å²) < 4.78 is 0. The number of aromatic nitrogens is 1. The third-order valence-corrected chi connectivity index (χ3v) is 6.14. The van der Waals surface area contributed by atoms with E-state index in [0.29, 0.717) is 0 Å². The van der Waals surface area contributed by atoms with E-state index in [2.05, 4.69) is 79.7 Å². The van der Waals surface area contributed by atoms with Crippen molar-refractivity contribution in [3.63, 3.8) is 0 Å². The molecule has 0 bridgehead atoms. The fourth-order valence-corrected chi connectivity index (χ4v) is 4.62. The van der Waals surface area contributed by atoms with Gasteiger partial charge in [0.1, 0.15) is 0 Å². The number of unbranched alkanes of at least 4 members (excludes halogenated alkanes) is 4. The normalized spacial score (nSPS) is 11.8. The minimum absolute atomic E-state index is 1.05. The van der Waals surface area contributed by atoms with Gasteiger partial charge in [0.25, 0.3) is 0 Å². The molecule has 3 aromatic carbocycles.